The van der Waals surface area contributed by atoms with Crippen LogP contribution in [-0.2, 0) is 9.47 Å². The Morgan fingerprint density at radius 3 is 2.65 bits per heavy atom. The van der Waals surface area contributed by atoms with E-state index in [4.69, 9.17) is 23.9 Å². The lowest BCUT2D eigenvalue weighted by Crippen LogP contribution is -2.47. The predicted octanol–water partition coefficient (Wildman–Crippen LogP) is 3.48. The fourth-order valence-corrected chi connectivity index (χ4v) is 4.03. The van der Waals surface area contributed by atoms with Gasteiger partial charge in [-0.05, 0) is 58.1 Å². The number of benzene rings is 1. The molecule has 1 aromatic rings. The number of guanidine groups is 1. The van der Waals surface area contributed by atoms with E-state index >= 15 is 0 Å². The van der Waals surface area contributed by atoms with Gasteiger partial charge in [0, 0.05) is 26.2 Å². The molecule has 0 radical (unpaired) electrons. The van der Waals surface area contributed by atoms with Gasteiger partial charge in [0.15, 0.2) is 17.5 Å². The number of ether oxygens (including phenoxy) is 4. The summed E-state index contributed by atoms with van der Waals surface area (Å²) in [4.78, 5) is 7.17. The molecule has 2 heterocycles. The molecule has 2 atom stereocenters. The Labute approximate surface area is 187 Å². The average Bonchev–Trinajstić information content (AvgIpc) is 2.82. The van der Waals surface area contributed by atoms with Crippen molar-refractivity contribution in [3.05, 3.63) is 24.3 Å². The minimum atomic E-state index is -0.0543. The Kier molecular flexibility index (Phi) is 9.75. The van der Waals surface area contributed by atoms with E-state index in [1.54, 1.807) is 7.11 Å². The predicted molar refractivity (Wildman–Crippen MR) is 123 cm³/mol. The Morgan fingerprint density at radius 1 is 1.19 bits per heavy atom. The molecule has 2 unspecified atom stereocenters. The standard InChI is InChI=1S/C24H39N3O4/c1-4-25-24(26-17-19(2)31-23-11-6-5-10-22(23)28-3)27-14-12-20(13-15-27)30-18-21-9-7-8-16-29-21/h5-6,10-11,19-21H,4,7-9,12-18H2,1-3H3,(H,25,26). The molecule has 0 saturated carbocycles. The molecule has 0 aliphatic carbocycles. The number of para-hydroxylation sites is 2. The fraction of sp³-hybridized carbons (Fsp3) is 0.708. The van der Waals surface area contributed by atoms with Gasteiger partial charge in [-0.2, -0.15) is 0 Å². The molecule has 7 nitrogen and oxygen atoms in total. The number of likely N-dealkylation sites (tertiary alicyclic amines) is 1. The second-order valence-corrected chi connectivity index (χ2v) is 8.28. The molecule has 0 bridgehead atoms. The zero-order valence-corrected chi connectivity index (χ0v) is 19.3. The van der Waals surface area contributed by atoms with Crippen LogP contribution in [0.25, 0.3) is 0 Å². The van der Waals surface area contributed by atoms with E-state index in [-0.39, 0.29) is 12.2 Å². The van der Waals surface area contributed by atoms with Crippen molar-refractivity contribution in [2.45, 2.75) is 64.3 Å². The van der Waals surface area contributed by atoms with Crippen molar-refractivity contribution >= 4 is 5.96 Å². The van der Waals surface area contributed by atoms with E-state index in [1.165, 1.54) is 12.8 Å². The molecule has 0 spiro atoms. The molecule has 1 aromatic carbocycles. The zero-order valence-electron chi connectivity index (χ0n) is 19.3. The van der Waals surface area contributed by atoms with Crippen LogP contribution in [0.2, 0.25) is 0 Å². The average molecular weight is 434 g/mol. The third kappa shape index (κ3) is 7.58. The van der Waals surface area contributed by atoms with Crippen molar-refractivity contribution in [1.82, 2.24) is 10.2 Å². The number of rotatable bonds is 9. The van der Waals surface area contributed by atoms with Gasteiger partial charge in [-0.1, -0.05) is 12.1 Å². The van der Waals surface area contributed by atoms with Crippen LogP contribution in [0.15, 0.2) is 29.3 Å². The van der Waals surface area contributed by atoms with Crippen LogP contribution in [0.4, 0.5) is 0 Å². The Morgan fingerprint density at radius 2 is 1.97 bits per heavy atom. The number of nitrogens with zero attached hydrogens (tertiary/aromatic N) is 2. The minimum Gasteiger partial charge on any atom is -0.493 e. The van der Waals surface area contributed by atoms with Crippen molar-refractivity contribution in [1.29, 1.82) is 0 Å². The van der Waals surface area contributed by atoms with Crippen molar-refractivity contribution < 1.29 is 18.9 Å². The number of hydrogen-bond donors (Lipinski definition) is 1. The van der Waals surface area contributed by atoms with Crippen LogP contribution in [0.1, 0.15) is 46.0 Å². The first-order valence-electron chi connectivity index (χ1n) is 11.8. The molecule has 3 rings (SSSR count). The quantitative estimate of drug-likeness (QED) is 0.475. The second kappa shape index (κ2) is 12.8. The highest BCUT2D eigenvalue weighted by Gasteiger charge is 2.24. The second-order valence-electron chi connectivity index (χ2n) is 8.28. The van der Waals surface area contributed by atoms with Gasteiger partial charge in [-0.15, -0.1) is 0 Å². The first-order chi connectivity index (χ1) is 15.2. The van der Waals surface area contributed by atoms with E-state index in [2.05, 4.69) is 17.1 Å². The molecule has 0 aromatic heterocycles. The molecule has 1 N–H and O–H groups in total. The summed E-state index contributed by atoms with van der Waals surface area (Å²) in [6, 6.07) is 7.72. The largest absolute Gasteiger partial charge is 0.493 e. The van der Waals surface area contributed by atoms with Gasteiger partial charge >= 0.3 is 0 Å². The summed E-state index contributed by atoms with van der Waals surface area (Å²) < 4.78 is 23.4. The van der Waals surface area contributed by atoms with Crippen LogP contribution < -0.4 is 14.8 Å². The molecule has 31 heavy (non-hydrogen) atoms. The Hall–Kier alpha value is -1.99. The van der Waals surface area contributed by atoms with E-state index in [0.717, 1.165) is 69.6 Å². The van der Waals surface area contributed by atoms with E-state index in [9.17, 15) is 0 Å². The van der Waals surface area contributed by atoms with Gasteiger partial charge in [-0.25, -0.2) is 4.99 Å². The molecular weight excluding hydrogens is 394 g/mol. The van der Waals surface area contributed by atoms with Gasteiger partial charge < -0.3 is 29.2 Å². The summed E-state index contributed by atoms with van der Waals surface area (Å²) in [6.45, 7) is 9.07. The molecule has 2 aliphatic rings. The maximum absolute atomic E-state index is 6.15. The number of aliphatic imine (C=N–C) groups is 1. The maximum Gasteiger partial charge on any atom is 0.194 e. The summed E-state index contributed by atoms with van der Waals surface area (Å²) in [5.41, 5.74) is 0. The third-order valence-electron chi connectivity index (χ3n) is 5.76. The number of methoxy groups -OCH3 is 1. The van der Waals surface area contributed by atoms with E-state index in [0.29, 0.717) is 12.6 Å². The summed E-state index contributed by atoms with van der Waals surface area (Å²) in [6.07, 6.45) is 6.16. The molecule has 2 saturated heterocycles. The fourth-order valence-electron chi connectivity index (χ4n) is 4.03. The lowest BCUT2D eigenvalue weighted by molar-refractivity contribution is -0.0721. The summed E-state index contributed by atoms with van der Waals surface area (Å²) >= 11 is 0. The first kappa shape index (κ1) is 23.7. The van der Waals surface area contributed by atoms with Crippen molar-refractivity contribution in [3.8, 4) is 11.5 Å². The topological polar surface area (TPSA) is 64.6 Å². The lowest BCUT2D eigenvalue weighted by Gasteiger charge is -2.35. The summed E-state index contributed by atoms with van der Waals surface area (Å²) in [5.74, 6) is 2.44. The lowest BCUT2D eigenvalue weighted by atomic mass is 10.1. The number of piperidine rings is 1. The highest BCUT2D eigenvalue weighted by molar-refractivity contribution is 5.80. The zero-order chi connectivity index (χ0) is 21.9. The monoisotopic (exact) mass is 433 g/mol. The number of hydrogen-bond acceptors (Lipinski definition) is 5. The van der Waals surface area contributed by atoms with Gasteiger partial charge in [0.05, 0.1) is 32.5 Å². The van der Waals surface area contributed by atoms with Crippen molar-refractivity contribution in [2.75, 3.05) is 46.5 Å². The molecule has 0 amide bonds. The van der Waals surface area contributed by atoms with Gasteiger partial charge in [0.1, 0.15) is 6.10 Å². The Balaban J connectivity index is 1.45. The van der Waals surface area contributed by atoms with Gasteiger partial charge in [0.25, 0.3) is 0 Å². The smallest absolute Gasteiger partial charge is 0.194 e. The minimum absolute atomic E-state index is 0.0543. The van der Waals surface area contributed by atoms with Crippen molar-refractivity contribution in [3.63, 3.8) is 0 Å². The van der Waals surface area contributed by atoms with Gasteiger partial charge in [0.2, 0.25) is 0 Å². The normalized spacial score (nSPS) is 21.6. The number of nitrogens with one attached hydrogen (secondary N) is 1. The molecular formula is C24H39N3O4. The van der Waals surface area contributed by atoms with Crippen LogP contribution in [-0.4, -0.2) is 75.7 Å². The van der Waals surface area contributed by atoms with Crippen molar-refractivity contribution in [2.24, 2.45) is 4.99 Å². The van der Waals surface area contributed by atoms with Crippen LogP contribution in [0, 0.1) is 0 Å². The van der Waals surface area contributed by atoms with Crippen LogP contribution in [0.3, 0.4) is 0 Å². The third-order valence-corrected chi connectivity index (χ3v) is 5.76. The first-order valence-corrected chi connectivity index (χ1v) is 11.8. The highest BCUT2D eigenvalue weighted by Crippen LogP contribution is 2.26. The van der Waals surface area contributed by atoms with Gasteiger partial charge in [-0.3, -0.25) is 0 Å². The Bertz CT molecular complexity index is 671. The summed E-state index contributed by atoms with van der Waals surface area (Å²) in [7, 11) is 1.66. The van der Waals surface area contributed by atoms with Crippen LogP contribution >= 0.6 is 0 Å². The van der Waals surface area contributed by atoms with E-state index < -0.39 is 0 Å². The maximum atomic E-state index is 6.15. The molecule has 174 valence electrons. The van der Waals surface area contributed by atoms with Crippen LogP contribution in [0.5, 0.6) is 11.5 Å². The molecule has 7 heteroatoms. The SMILES string of the molecule is CCNC(=NCC(C)Oc1ccccc1OC)N1CCC(OCC2CCCCO2)CC1. The van der Waals surface area contributed by atoms with E-state index in [1.807, 2.05) is 31.2 Å². The molecule has 2 aliphatic heterocycles. The highest BCUT2D eigenvalue weighted by atomic mass is 16.5. The molecule has 2 fully saturated rings. The summed E-state index contributed by atoms with van der Waals surface area (Å²) in [5, 5.41) is 3.43.